The minimum absolute atomic E-state index is 0. The van der Waals surface area contributed by atoms with Crippen molar-refractivity contribution in [3.05, 3.63) is 59.7 Å². The van der Waals surface area contributed by atoms with Crippen LogP contribution in [0.1, 0.15) is 88.2 Å². The Morgan fingerprint density at radius 1 is 0.875 bits per heavy atom. The molecule has 0 spiro atoms. The Hall–Kier alpha value is -0.840. The molecule has 0 aliphatic rings. The van der Waals surface area contributed by atoms with Gasteiger partial charge in [-0.3, -0.25) is 14.4 Å². The molecular formula is C30H43NNa2O6S. The van der Waals surface area contributed by atoms with Crippen molar-refractivity contribution in [2.45, 2.75) is 94.5 Å². The van der Waals surface area contributed by atoms with Crippen LogP contribution in [0.2, 0.25) is 0 Å². The maximum absolute atomic E-state index is 11.9. The number of rotatable bonds is 19. The number of hydrogen-bond acceptors (Lipinski definition) is 5. The zero-order chi connectivity index (χ0) is 27.8. The number of carbonyl (C=O) groups excluding carboxylic acids is 1. The molecule has 7 nitrogen and oxygen atoms in total. The third kappa shape index (κ3) is 16.6. The van der Waals surface area contributed by atoms with E-state index < -0.39 is 36.3 Å². The fourth-order valence-corrected chi connectivity index (χ4v) is 5.21. The topological polar surface area (TPSA) is 124 Å². The van der Waals surface area contributed by atoms with Crippen molar-refractivity contribution in [3.63, 3.8) is 0 Å². The molecule has 4 N–H and O–H groups in total. The number of hydrogen-bond donors (Lipinski definition) is 4. The molecule has 0 fully saturated rings. The molecule has 1 amide bonds. The number of aryl methyl sites for hydroxylation is 1. The second-order valence-electron chi connectivity index (χ2n) is 9.69. The van der Waals surface area contributed by atoms with E-state index in [0.29, 0.717) is 24.3 Å². The van der Waals surface area contributed by atoms with Gasteiger partial charge in [-0.25, -0.2) is 0 Å². The van der Waals surface area contributed by atoms with Crippen LogP contribution >= 0.6 is 11.8 Å². The van der Waals surface area contributed by atoms with Crippen LogP contribution in [0.15, 0.2) is 53.4 Å². The average molecular weight is 592 g/mol. The number of carboxylic acid groups (broad SMARTS) is 2. The molecule has 0 heterocycles. The van der Waals surface area contributed by atoms with Crippen LogP contribution in [0, 0.1) is 0 Å². The Labute approximate surface area is 286 Å². The van der Waals surface area contributed by atoms with E-state index >= 15 is 0 Å². The van der Waals surface area contributed by atoms with Crippen molar-refractivity contribution in [3.8, 4) is 0 Å². The summed E-state index contributed by atoms with van der Waals surface area (Å²) in [5, 5.41) is 31.5. The third-order valence-corrected chi connectivity index (χ3v) is 7.55. The number of aliphatic hydroxyl groups is 1. The quantitative estimate of drug-likeness (QED) is 0.0767. The molecule has 212 valence electrons. The summed E-state index contributed by atoms with van der Waals surface area (Å²) in [5.74, 6) is -3.00. The van der Waals surface area contributed by atoms with Crippen molar-refractivity contribution < 1.29 is 29.7 Å². The summed E-state index contributed by atoms with van der Waals surface area (Å²) in [4.78, 5) is 35.0. The van der Waals surface area contributed by atoms with Gasteiger partial charge in [0.05, 0.1) is 12.0 Å². The summed E-state index contributed by atoms with van der Waals surface area (Å²) < 4.78 is 0. The zero-order valence-electron chi connectivity index (χ0n) is 22.2. The van der Waals surface area contributed by atoms with E-state index in [1.165, 1.54) is 55.9 Å². The van der Waals surface area contributed by atoms with Crippen LogP contribution < -0.4 is 5.32 Å². The predicted octanol–water partition coefficient (Wildman–Crippen LogP) is 5.20. The Kier molecular flexibility index (Phi) is 22.2. The molecule has 2 unspecified atom stereocenters. The number of unbranched alkanes of at least 4 members (excludes halogenated alkanes) is 6. The van der Waals surface area contributed by atoms with Crippen LogP contribution in [0.25, 0.3) is 0 Å². The number of nitrogens with one attached hydrogen (secondary N) is 1. The van der Waals surface area contributed by atoms with Gasteiger partial charge in [-0.1, -0.05) is 75.8 Å². The third-order valence-electron chi connectivity index (χ3n) is 6.41. The monoisotopic (exact) mass is 591 g/mol. The fourth-order valence-electron chi connectivity index (χ4n) is 4.28. The Bertz CT molecular complexity index is 1020. The van der Waals surface area contributed by atoms with Crippen LogP contribution in [-0.4, -0.2) is 104 Å². The van der Waals surface area contributed by atoms with Crippen LogP contribution in [-0.2, 0) is 20.8 Å². The number of aliphatic hydroxyl groups excluding tert-OH is 1. The Balaban J connectivity index is 0.00000760. The summed E-state index contributed by atoms with van der Waals surface area (Å²) in [6.07, 6.45) is 9.23. The Morgan fingerprint density at radius 3 is 2.15 bits per heavy atom. The molecule has 2 aromatic rings. The van der Waals surface area contributed by atoms with Crippen molar-refractivity contribution in [1.29, 1.82) is 0 Å². The number of carbonyl (C=O) groups is 3. The second kappa shape index (κ2) is 22.7. The standard InChI is InChI=1S/C30H41NO6S.2Na.2H/c1-2-3-4-5-6-7-8-10-22-13-15-23(16-14-22)27(30(36)37)18-17-25(32)21-38-26-12-9-11-24(19-26)31-28(33)20-29(34)35;;;;/h9,11-16,19,25,27,32H,2-8,10,17-18,20-21H2,1H3,(H,31,33)(H,34,35)(H,36,37);;;;. The van der Waals surface area contributed by atoms with E-state index in [2.05, 4.69) is 12.2 Å². The van der Waals surface area contributed by atoms with Crippen molar-refractivity contribution in [1.82, 2.24) is 0 Å². The summed E-state index contributed by atoms with van der Waals surface area (Å²) in [6, 6.07) is 14.8. The number of carboxylic acids is 2. The van der Waals surface area contributed by atoms with Gasteiger partial charge in [0.1, 0.15) is 6.42 Å². The van der Waals surface area contributed by atoms with E-state index in [-0.39, 0.29) is 59.1 Å². The van der Waals surface area contributed by atoms with Crippen molar-refractivity contribution in [2.24, 2.45) is 0 Å². The number of aliphatic carboxylic acids is 2. The zero-order valence-corrected chi connectivity index (χ0v) is 23.0. The maximum atomic E-state index is 11.9. The number of benzene rings is 2. The molecule has 0 saturated carbocycles. The summed E-state index contributed by atoms with van der Waals surface area (Å²) in [6.45, 7) is 2.22. The van der Waals surface area contributed by atoms with Gasteiger partial charge in [0.15, 0.2) is 0 Å². The second-order valence-corrected chi connectivity index (χ2v) is 10.8. The van der Waals surface area contributed by atoms with Gasteiger partial charge >= 0.3 is 71.1 Å². The molecule has 40 heavy (non-hydrogen) atoms. The molecule has 10 heteroatoms. The SMILES string of the molecule is CCCCCCCCCc1ccc(C(CCC(O)CSc2cccc(NC(=O)CC(=O)O)c2)C(=O)O)cc1.[NaH].[NaH]. The molecule has 2 atom stereocenters. The van der Waals surface area contributed by atoms with E-state index in [1.807, 2.05) is 30.3 Å². The number of thioether (sulfide) groups is 1. The Morgan fingerprint density at radius 2 is 1.52 bits per heavy atom. The summed E-state index contributed by atoms with van der Waals surface area (Å²) in [7, 11) is 0. The number of anilines is 1. The van der Waals surface area contributed by atoms with E-state index in [0.717, 1.165) is 23.3 Å². The molecular weight excluding hydrogens is 548 g/mol. The molecule has 0 aromatic heterocycles. The van der Waals surface area contributed by atoms with Gasteiger partial charge in [0.25, 0.3) is 0 Å². The first-order valence-corrected chi connectivity index (χ1v) is 14.5. The van der Waals surface area contributed by atoms with Crippen LogP contribution in [0.3, 0.4) is 0 Å². The summed E-state index contributed by atoms with van der Waals surface area (Å²) in [5.41, 5.74) is 2.46. The first-order valence-electron chi connectivity index (χ1n) is 13.5. The van der Waals surface area contributed by atoms with Crippen LogP contribution in [0.5, 0.6) is 0 Å². The molecule has 2 aromatic carbocycles. The van der Waals surface area contributed by atoms with Gasteiger partial charge in [-0.15, -0.1) is 11.8 Å². The van der Waals surface area contributed by atoms with E-state index in [9.17, 15) is 24.6 Å². The molecule has 0 bridgehead atoms. The van der Waals surface area contributed by atoms with Gasteiger partial charge in [0.2, 0.25) is 5.91 Å². The van der Waals surface area contributed by atoms with Gasteiger partial charge in [0, 0.05) is 16.3 Å². The first-order chi connectivity index (χ1) is 18.3. The van der Waals surface area contributed by atoms with Crippen molar-refractivity contribution in [2.75, 3.05) is 11.1 Å². The van der Waals surface area contributed by atoms with E-state index in [1.54, 1.807) is 18.2 Å². The van der Waals surface area contributed by atoms with Gasteiger partial charge < -0.3 is 20.6 Å². The number of amides is 1. The van der Waals surface area contributed by atoms with Crippen molar-refractivity contribution >= 4 is 94.4 Å². The van der Waals surface area contributed by atoms with Gasteiger partial charge in [-0.05, 0) is 55.0 Å². The summed E-state index contributed by atoms with van der Waals surface area (Å²) >= 11 is 1.39. The molecule has 0 radical (unpaired) electrons. The fraction of sp³-hybridized carbons (Fsp3) is 0.500. The molecule has 0 aliphatic carbocycles. The van der Waals surface area contributed by atoms with Crippen LogP contribution in [0.4, 0.5) is 5.69 Å². The normalized spacial score (nSPS) is 11.9. The first kappa shape index (κ1) is 39.2. The minimum atomic E-state index is -1.20. The molecule has 0 saturated heterocycles. The predicted molar refractivity (Wildman–Crippen MR) is 166 cm³/mol. The molecule has 0 aliphatic heterocycles. The average Bonchev–Trinajstić information content (AvgIpc) is 2.87. The van der Waals surface area contributed by atoms with Gasteiger partial charge in [-0.2, -0.15) is 0 Å². The molecule has 2 rings (SSSR count). The van der Waals surface area contributed by atoms with E-state index in [4.69, 9.17) is 5.11 Å².